The van der Waals surface area contributed by atoms with Crippen molar-refractivity contribution in [2.24, 2.45) is 0 Å². The highest BCUT2D eigenvalue weighted by atomic mass is 35.5. The van der Waals surface area contributed by atoms with E-state index in [1.807, 2.05) is 6.92 Å². The van der Waals surface area contributed by atoms with Crippen molar-refractivity contribution in [1.29, 1.82) is 0 Å². The molecule has 106 valence electrons. The van der Waals surface area contributed by atoms with Gasteiger partial charge in [-0.1, -0.05) is 34.8 Å². The summed E-state index contributed by atoms with van der Waals surface area (Å²) in [5.74, 6) is 0.262. The second-order valence-electron chi connectivity index (χ2n) is 3.69. The van der Waals surface area contributed by atoms with Crippen LogP contribution < -0.4 is 10.1 Å². The first-order valence-electron chi connectivity index (χ1n) is 5.67. The van der Waals surface area contributed by atoms with E-state index >= 15 is 0 Å². The van der Waals surface area contributed by atoms with E-state index in [1.54, 1.807) is 12.1 Å². The molecule has 0 aliphatic heterocycles. The molecule has 1 heterocycles. The Morgan fingerprint density at radius 2 is 2.10 bits per heavy atom. The molecule has 2 aromatic rings. The van der Waals surface area contributed by atoms with Gasteiger partial charge in [-0.25, -0.2) is 14.3 Å². The van der Waals surface area contributed by atoms with Crippen LogP contribution in [0.1, 0.15) is 6.92 Å². The van der Waals surface area contributed by atoms with Crippen LogP contribution in [0.15, 0.2) is 24.5 Å². The van der Waals surface area contributed by atoms with Crippen LogP contribution in [0.25, 0.3) is 0 Å². The number of halogens is 3. The van der Waals surface area contributed by atoms with Gasteiger partial charge >= 0.3 is 12.0 Å². The zero-order valence-corrected chi connectivity index (χ0v) is 12.6. The van der Waals surface area contributed by atoms with Crippen molar-refractivity contribution < 1.29 is 9.53 Å². The van der Waals surface area contributed by atoms with Gasteiger partial charge in [0.1, 0.15) is 5.02 Å². The molecule has 0 unspecified atom stereocenters. The molecule has 0 saturated heterocycles. The molecule has 0 bridgehead atoms. The smallest absolute Gasteiger partial charge is 0.329 e. The van der Waals surface area contributed by atoms with Gasteiger partial charge in [-0.15, -0.1) is 0 Å². The van der Waals surface area contributed by atoms with Gasteiger partial charge in [0.05, 0.1) is 10.0 Å². The van der Waals surface area contributed by atoms with Gasteiger partial charge in [0.25, 0.3) is 0 Å². The number of carbonyl (C=O) groups is 1. The second-order valence-corrected chi connectivity index (χ2v) is 4.85. The summed E-state index contributed by atoms with van der Waals surface area (Å²) in [6.07, 6.45) is 2.92. The fourth-order valence-electron chi connectivity index (χ4n) is 1.44. The van der Waals surface area contributed by atoms with Gasteiger partial charge in [-0.2, -0.15) is 0 Å². The molecular weight excluding hydrogens is 325 g/mol. The normalized spacial score (nSPS) is 10.4. The maximum atomic E-state index is 11.8. The predicted molar refractivity (Wildman–Crippen MR) is 78.2 cm³/mol. The first-order valence-corrected chi connectivity index (χ1v) is 6.81. The molecule has 1 N–H and O–H groups in total. The number of nitrogens with zero attached hydrogens (tertiary/aromatic N) is 2. The second kappa shape index (κ2) is 6.35. The Kier molecular flexibility index (Phi) is 4.75. The lowest BCUT2D eigenvalue weighted by Gasteiger charge is -2.10. The number of carbonyl (C=O) groups excluding carboxylic acids is 1. The van der Waals surface area contributed by atoms with Gasteiger partial charge in [0, 0.05) is 18.9 Å². The van der Waals surface area contributed by atoms with Crippen LogP contribution in [0, 0.1) is 0 Å². The summed E-state index contributed by atoms with van der Waals surface area (Å²) in [5, 5.41) is 3.29. The van der Waals surface area contributed by atoms with Crippen LogP contribution in [0.3, 0.4) is 0 Å². The van der Waals surface area contributed by atoms with Crippen molar-refractivity contribution >= 4 is 40.8 Å². The third-order valence-electron chi connectivity index (χ3n) is 2.35. The van der Waals surface area contributed by atoms with E-state index in [4.69, 9.17) is 39.5 Å². The number of nitrogens with one attached hydrogen (secondary N) is 1. The van der Waals surface area contributed by atoms with Gasteiger partial charge in [0.2, 0.25) is 0 Å². The highest BCUT2D eigenvalue weighted by Crippen LogP contribution is 2.38. The van der Waals surface area contributed by atoms with E-state index in [2.05, 4.69) is 10.3 Å². The summed E-state index contributed by atoms with van der Waals surface area (Å²) >= 11 is 17.8. The van der Waals surface area contributed by atoms with E-state index in [0.717, 1.165) is 0 Å². The van der Waals surface area contributed by atoms with E-state index in [0.29, 0.717) is 11.6 Å². The molecule has 1 aromatic carbocycles. The van der Waals surface area contributed by atoms with E-state index < -0.39 is 0 Å². The first kappa shape index (κ1) is 15.0. The largest absolute Gasteiger partial charge is 0.424 e. The molecule has 0 fully saturated rings. The molecule has 2 rings (SSSR count). The summed E-state index contributed by atoms with van der Waals surface area (Å²) in [7, 11) is 0. The molecule has 0 aliphatic rings. The summed E-state index contributed by atoms with van der Waals surface area (Å²) in [6.45, 7) is 2.30. The van der Waals surface area contributed by atoms with Crippen LogP contribution in [-0.4, -0.2) is 22.1 Å². The minimum absolute atomic E-state index is 0.0799. The quantitative estimate of drug-likeness (QED) is 0.855. The summed E-state index contributed by atoms with van der Waals surface area (Å²) in [5.41, 5.74) is 0. The predicted octanol–water partition coefficient (Wildman–Crippen LogP) is 4.21. The number of hydrogen-bond donors (Lipinski definition) is 1. The summed E-state index contributed by atoms with van der Waals surface area (Å²) in [4.78, 5) is 15.7. The van der Waals surface area contributed by atoms with Gasteiger partial charge in [-0.3, -0.25) is 0 Å². The van der Waals surface area contributed by atoms with E-state index in [-0.39, 0.29) is 27.8 Å². The molecule has 0 saturated carbocycles. The Hall–Kier alpha value is -1.43. The van der Waals surface area contributed by atoms with Gasteiger partial charge < -0.3 is 10.1 Å². The highest BCUT2D eigenvalue weighted by Gasteiger charge is 2.15. The minimum Gasteiger partial charge on any atom is -0.424 e. The average molecular weight is 335 g/mol. The summed E-state index contributed by atoms with van der Waals surface area (Å²) in [6, 6.07) is 2.82. The Morgan fingerprint density at radius 1 is 1.35 bits per heavy atom. The number of aromatic nitrogens is 2. The Labute approximate surface area is 130 Å². The Balaban J connectivity index is 2.30. The molecule has 0 spiro atoms. The van der Waals surface area contributed by atoms with Gasteiger partial charge in [0.15, 0.2) is 5.75 Å². The number of ether oxygens (including phenoxy) is 1. The number of amides is 1. The lowest BCUT2D eigenvalue weighted by molar-refractivity contribution is 0.240. The third kappa shape index (κ3) is 3.00. The van der Waals surface area contributed by atoms with Crippen LogP contribution >= 0.6 is 34.8 Å². The Bertz CT molecular complexity index is 643. The van der Waals surface area contributed by atoms with Crippen molar-refractivity contribution in [2.75, 3.05) is 6.54 Å². The third-order valence-corrected chi connectivity index (χ3v) is 3.63. The fraction of sp³-hybridized carbons (Fsp3) is 0.167. The Morgan fingerprint density at radius 3 is 2.80 bits per heavy atom. The van der Waals surface area contributed by atoms with Crippen molar-refractivity contribution in [1.82, 2.24) is 14.9 Å². The highest BCUT2D eigenvalue weighted by molar-refractivity contribution is 6.48. The van der Waals surface area contributed by atoms with Crippen LogP contribution in [-0.2, 0) is 0 Å². The lowest BCUT2D eigenvalue weighted by Crippen LogP contribution is -2.27. The number of rotatable bonds is 3. The van der Waals surface area contributed by atoms with E-state index in [9.17, 15) is 4.79 Å². The zero-order chi connectivity index (χ0) is 14.7. The molecule has 20 heavy (non-hydrogen) atoms. The number of imidazole rings is 1. The van der Waals surface area contributed by atoms with Crippen molar-refractivity contribution in [3.63, 3.8) is 0 Å². The van der Waals surface area contributed by atoms with Crippen LogP contribution in [0.5, 0.6) is 11.8 Å². The maximum absolute atomic E-state index is 11.8. The van der Waals surface area contributed by atoms with Gasteiger partial charge in [-0.05, 0) is 19.1 Å². The maximum Gasteiger partial charge on any atom is 0.329 e. The molecule has 0 radical (unpaired) electrons. The van der Waals surface area contributed by atoms with Crippen LogP contribution in [0.4, 0.5) is 4.79 Å². The average Bonchev–Trinajstić information content (AvgIpc) is 2.88. The molecule has 0 atom stereocenters. The topological polar surface area (TPSA) is 56.2 Å². The molecule has 1 aromatic heterocycles. The summed E-state index contributed by atoms with van der Waals surface area (Å²) < 4.78 is 6.72. The van der Waals surface area contributed by atoms with Crippen LogP contribution in [0.2, 0.25) is 15.1 Å². The van der Waals surface area contributed by atoms with Crippen molar-refractivity contribution in [3.05, 3.63) is 39.6 Å². The molecule has 1 amide bonds. The van der Waals surface area contributed by atoms with Crippen molar-refractivity contribution in [2.45, 2.75) is 6.92 Å². The number of benzene rings is 1. The first-order chi connectivity index (χ1) is 9.54. The monoisotopic (exact) mass is 333 g/mol. The minimum atomic E-state index is -0.351. The zero-order valence-electron chi connectivity index (χ0n) is 10.4. The molecular formula is C12H10Cl3N3O2. The van der Waals surface area contributed by atoms with Crippen molar-refractivity contribution in [3.8, 4) is 11.8 Å². The fourth-order valence-corrected chi connectivity index (χ4v) is 2.01. The SMILES string of the molecule is CCNC(=O)n1ccnc1Oc1ccc(Cl)c(Cl)c1Cl. The van der Waals surface area contributed by atoms with E-state index in [1.165, 1.54) is 17.0 Å². The molecule has 5 nitrogen and oxygen atoms in total. The molecule has 0 aliphatic carbocycles. The number of hydrogen-bond acceptors (Lipinski definition) is 3. The molecule has 8 heteroatoms. The lowest BCUT2D eigenvalue weighted by atomic mass is 10.3. The standard InChI is InChI=1S/C12H10Cl3N3O2/c1-2-16-11(19)18-6-5-17-12(18)20-8-4-3-7(13)9(14)10(8)15/h3-6H,2H2,1H3,(H,16,19).